The van der Waals surface area contributed by atoms with Crippen LogP contribution in [0, 0.1) is 32.6 Å². The molecule has 0 radical (unpaired) electrons. The average Bonchev–Trinajstić information content (AvgIpc) is 2.74. The minimum absolute atomic E-state index is 1.00. The first kappa shape index (κ1) is 27.4. The monoisotopic (exact) mass is 396 g/mol. The van der Waals surface area contributed by atoms with E-state index in [1.165, 1.54) is 60.8 Å². The van der Waals surface area contributed by atoms with Gasteiger partial charge in [0.05, 0.1) is 0 Å². The van der Waals surface area contributed by atoms with Crippen LogP contribution in [-0.4, -0.2) is 0 Å². The lowest BCUT2D eigenvalue weighted by molar-refractivity contribution is 0.277. The van der Waals surface area contributed by atoms with Gasteiger partial charge in [-0.15, -0.1) is 0 Å². The third-order valence-corrected chi connectivity index (χ3v) is 6.11. The van der Waals surface area contributed by atoms with Gasteiger partial charge in [-0.1, -0.05) is 122 Å². The summed E-state index contributed by atoms with van der Waals surface area (Å²) in [5, 5.41) is 0. The molecule has 0 bridgehead atoms. The largest absolute Gasteiger partial charge is 0.0654 e. The van der Waals surface area contributed by atoms with E-state index in [4.69, 9.17) is 0 Å². The quantitative estimate of drug-likeness (QED) is 0.474. The zero-order chi connectivity index (χ0) is 22.1. The smallest absolute Gasteiger partial charge is 0.0305 e. The lowest BCUT2D eigenvalue weighted by Gasteiger charge is -2.24. The van der Waals surface area contributed by atoms with Crippen molar-refractivity contribution >= 4 is 0 Å². The highest BCUT2D eigenvalue weighted by Gasteiger charge is 2.15. The average molecular weight is 397 g/mol. The standard InChI is InChI=1S/C9H12.C8H16.C8H10.C4H10/c1-3-9-7-5-4-6-8(9)2;2*1-7-5-3-4-6-8(7)2;1-3-4-2/h4-7H,3H2,1-2H3;7-8H,3-6H2,1-2H3;3-6H,1-2H3;3-4H2,1-2H3/t;7-,8+;;. The molecule has 0 N–H and O–H groups in total. The fraction of sp³-hybridized carbons (Fsp3) is 0.586. The minimum atomic E-state index is 1.00. The van der Waals surface area contributed by atoms with Crippen molar-refractivity contribution in [2.45, 2.75) is 100 Å². The van der Waals surface area contributed by atoms with E-state index in [1.807, 2.05) is 0 Å². The molecule has 1 fully saturated rings. The Balaban J connectivity index is 0.000000373. The lowest BCUT2D eigenvalue weighted by atomic mass is 9.82. The fourth-order valence-corrected chi connectivity index (χ4v) is 3.17. The Labute approximate surface area is 183 Å². The van der Waals surface area contributed by atoms with Gasteiger partial charge in [0.2, 0.25) is 0 Å². The molecule has 0 heteroatoms. The molecule has 3 rings (SSSR count). The molecular weight excluding hydrogens is 348 g/mol. The van der Waals surface area contributed by atoms with Crippen LogP contribution in [-0.2, 0) is 6.42 Å². The van der Waals surface area contributed by atoms with E-state index in [2.05, 4.69) is 104 Å². The first-order valence-electron chi connectivity index (χ1n) is 11.9. The van der Waals surface area contributed by atoms with Gasteiger partial charge < -0.3 is 0 Å². The second-order valence-electron chi connectivity index (χ2n) is 8.60. The minimum Gasteiger partial charge on any atom is -0.0654 e. The summed E-state index contributed by atoms with van der Waals surface area (Å²) >= 11 is 0. The number of rotatable bonds is 2. The highest BCUT2D eigenvalue weighted by atomic mass is 14.2. The van der Waals surface area contributed by atoms with E-state index in [0.29, 0.717) is 0 Å². The van der Waals surface area contributed by atoms with Crippen molar-refractivity contribution in [2.24, 2.45) is 11.8 Å². The molecule has 0 spiro atoms. The molecule has 1 aliphatic carbocycles. The van der Waals surface area contributed by atoms with Crippen LogP contribution < -0.4 is 0 Å². The third kappa shape index (κ3) is 13.3. The summed E-state index contributed by atoms with van der Waals surface area (Å²) in [4.78, 5) is 0. The molecule has 0 heterocycles. The molecule has 164 valence electrons. The first-order valence-corrected chi connectivity index (χ1v) is 11.9. The Morgan fingerprint density at radius 1 is 0.621 bits per heavy atom. The summed E-state index contributed by atoms with van der Waals surface area (Å²) in [5.74, 6) is 2.01. The van der Waals surface area contributed by atoms with Crippen LogP contribution in [0.4, 0.5) is 0 Å². The van der Waals surface area contributed by atoms with Gasteiger partial charge in [-0.25, -0.2) is 0 Å². The van der Waals surface area contributed by atoms with Gasteiger partial charge in [0.25, 0.3) is 0 Å². The Kier molecular flexibility index (Phi) is 16.4. The van der Waals surface area contributed by atoms with E-state index in [9.17, 15) is 0 Å². The Bertz CT molecular complexity index is 592. The summed E-state index contributed by atoms with van der Waals surface area (Å²) < 4.78 is 0. The topological polar surface area (TPSA) is 0 Å². The highest BCUT2D eigenvalue weighted by molar-refractivity contribution is 5.25. The molecule has 2 aromatic rings. The predicted octanol–water partition coefficient (Wildman–Crippen LogP) is 9.50. The first-order chi connectivity index (χ1) is 13.9. The van der Waals surface area contributed by atoms with Crippen molar-refractivity contribution in [3.63, 3.8) is 0 Å². The molecule has 29 heavy (non-hydrogen) atoms. The van der Waals surface area contributed by atoms with Crippen molar-refractivity contribution in [3.05, 3.63) is 70.8 Å². The molecule has 0 aromatic heterocycles. The van der Waals surface area contributed by atoms with Crippen molar-refractivity contribution in [1.29, 1.82) is 0 Å². The summed E-state index contributed by atoms with van der Waals surface area (Å²) in [6.45, 7) is 17.7. The summed E-state index contributed by atoms with van der Waals surface area (Å²) in [5.41, 5.74) is 5.59. The van der Waals surface area contributed by atoms with Gasteiger partial charge in [-0.05, 0) is 61.3 Å². The van der Waals surface area contributed by atoms with Gasteiger partial charge in [-0.3, -0.25) is 0 Å². The molecule has 0 nitrogen and oxygen atoms in total. The maximum Gasteiger partial charge on any atom is -0.0305 e. The van der Waals surface area contributed by atoms with Crippen LogP contribution >= 0.6 is 0 Å². The molecule has 0 unspecified atom stereocenters. The fourth-order valence-electron chi connectivity index (χ4n) is 3.17. The SMILES string of the molecule is CCCC.CCc1ccccc1C.C[C@@H]1CCCC[C@@H]1C.Cc1ccccc1C. The van der Waals surface area contributed by atoms with Crippen molar-refractivity contribution in [1.82, 2.24) is 0 Å². The van der Waals surface area contributed by atoms with Crippen LogP contribution in [0.25, 0.3) is 0 Å². The predicted molar refractivity (Wildman–Crippen MR) is 134 cm³/mol. The van der Waals surface area contributed by atoms with Crippen LogP contribution in [0.15, 0.2) is 48.5 Å². The normalized spacial score (nSPS) is 17.5. The maximum atomic E-state index is 2.38. The summed E-state index contributed by atoms with van der Waals surface area (Å²) in [7, 11) is 0. The van der Waals surface area contributed by atoms with Gasteiger partial charge in [0.1, 0.15) is 0 Å². The highest BCUT2D eigenvalue weighted by Crippen LogP contribution is 2.28. The molecular formula is C29H48. The second-order valence-corrected chi connectivity index (χ2v) is 8.60. The van der Waals surface area contributed by atoms with Crippen molar-refractivity contribution in [2.75, 3.05) is 0 Å². The molecule has 2 atom stereocenters. The third-order valence-electron chi connectivity index (χ3n) is 6.11. The summed E-state index contributed by atoms with van der Waals surface area (Å²) in [6.07, 6.45) is 9.69. The van der Waals surface area contributed by atoms with Crippen LogP contribution in [0.3, 0.4) is 0 Å². The van der Waals surface area contributed by atoms with E-state index in [0.717, 1.165) is 18.3 Å². The van der Waals surface area contributed by atoms with E-state index < -0.39 is 0 Å². The molecule has 0 saturated heterocycles. The molecule has 1 saturated carbocycles. The summed E-state index contributed by atoms with van der Waals surface area (Å²) in [6, 6.07) is 16.9. The van der Waals surface area contributed by atoms with Crippen molar-refractivity contribution in [3.8, 4) is 0 Å². The molecule has 0 amide bonds. The second kappa shape index (κ2) is 17.3. The number of aryl methyl sites for hydroxylation is 4. The van der Waals surface area contributed by atoms with Crippen LogP contribution in [0.2, 0.25) is 0 Å². The molecule has 1 aliphatic rings. The van der Waals surface area contributed by atoms with E-state index >= 15 is 0 Å². The van der Waals surface area contributed by atoms with Gasteiger partial charge in [0.15, 0.2) is 0 Å². The van der Waals surface area contributed by atoms with Gasteiger partial charge in [-0.2, -0.15) is 0 Å². The Morgan fingerprint density at radius 2 is 1.00 bits per heavy atom. The number of unbranched alkanes of at least 4 members (excludes halogenated alkanes) is 1. The number of benzene rings is 2. The molecule has 0 aliphatic heterocycles. The Morgan fingerprint density at radius 3 is 1.24 bits per heavy atom. The maximum absolute atomic E-state index is 2.38. The van der Waals surface area contributed by atoms with Gasteiger partial charge >= 0.3 is 0 Å². The zero-order valence-corrected chi connectivity index (χ0v) is 20.7. The number of hydrogen-bond acceptors (Lipinski definition) is 0. The van der Waals surface area contributed by atoms with Crippen molar-refractivity contribution < 1.29 is 0 Å². The zero-order valence-electron chi connectivity index (χ0n) is 20.7. The van der Waals surface area contributed by atoms with Crippen LogP contribution in [0.1, 0.15) is 95.4 Å². The van der Waals surface area contributed by atoms with Gasteiger partial charge in [0, 0.05) is 0 Å². The van der Waals surface area contributed by atoms with Crippen LogP contribution in [0.5, 0.6) is 0 Å². The van der Waals surface area contributed by atoms with E-state index in [-0.39, 0.29) is 0 Å². The number of hydrogen-bond donors (Lipinski definition) is 0. The lowest BCUT2D eigenvalue weighted by Crippen LogP contribution is -2.12. The molecule has 2 aromatic carbocycles. The van der Waals surface area contributed by atoms with E-state index in [1.54, 1.807) is 0 Å². The Hall–Kier alpha value is -1.56.